The van der Waals surface area contributed by atoms with Gasteiger partial charge in [0, 0.05) is 28.8 Å². The number of aliphatic hydroxyl groups is 2. The van der Waals surface area contributed by atoms with E-state index in [0.29, 0.717) is 18.7 Å². The number of nitrogens with zero attached hydrogens (tertiary/aromatic N) is 2. The van der Waals surface area contributed by atoms with Gasteiger partial charge in [0.15, 0.2) is 5.13 Å². The second-order valence-corrected chi connectivity index (χ2v) is 11.4. The van der Waals surface area contributed by atoms with Crippen molar-refractivity contribution < 1.29 is 19.4 Å². The van der Waals surface area contributed by atoms with Crippen LogP contribution in [0.15, 0.2) is 47.3 Å². The molecule has 0 aromatic carbocycles. The van der Waals surface area contributed by atoms with Crippen LogP contribution >= 0.6 is 11.3 Å². The predicted molar refractivity (Wildman–Crippen MR) is 133 cm³/mol. The lowest BCUT2D eigenvalue weighted by Gasteiger charge is -2.58. The van der Waals surface area contributed by atoms with Crippen LogP contribution in [0.5, 0.6) is 0 Å². The summed E-state index contributed by atoms with van der Waals surface area (Å²) in [5.74, 6) is 0.528. The quantitative estimate of drug-likeness (QED) is 0.390. The van der Waals surface area contributed by atoms with Crippen molar-refractivity contribution in [1.82, 2.24) is 15.3 Å². The first-order valence-corrected chi connectivity index (χ1v) is 12.9. The third kappa shape index (κ3) is 4.37. The zero-order valence-corrected chi connectivity index (χ0v) is 20.8. The maximum absolute atomic E-state index is 13.1. The van der Waals surface area contributed by atoms with Crippen molar-refractivity contribution in [3.05, 3.63) is 59.3 Å². The number of fused-ring (bicyclic) bond motifs is 2. The summed E-state index contributed by atoms with van der Waals surface area (Å²) in [6, 6.07) is 7.44. The summed E-state index contributed by atoms with van der Waals surface area (Å²) in [6.07, 6.45) is 6.85. The largest absolute Gasteiger partial charge is 0.467 e. The number of hydrogen-bond donors (Lipinski definition) is 4. The van der Waals surface area contributed by atoms with Gasteiger partial charge in [-0.3, -0.25) is 9.78 Å². The molecule has 2 aliphatic rings. The molecule has 2 aliphatic carbocycles. The minimum absolute atomic E-state index is 0.0193. The molecular weight excluding hydrogens is 464 g/mol. The minimum Gasteiger partial charge on any atom is -0.467 e. The smallest absolute Gasteiger partial charge is 0.221 e. The van der Waals surface area contributed by atoms with Gasteiger partial charge in [-0.15, -0.1) is 11.3 Å². The highest BCUT2D eigenvalue weighted by Crippen LogP contribution is 2.62. The predicted octanol–water partition coefficient (Wildman–Crippen LogP) is 4.00. The van der Waals surface area contributed by atoms with Gasteiger partial charge in [-0.05, 0) is 54.9 Å². The molecule has 0 saturated heterocycles. The fourth-order valence-electron chi connectivity index (χ4n) is 6.12. The van der Waals surface area contributed by atoms with Gasteiger partial charge in [0.1, 0.15) is 5.76 Å². The normalized spacial score (nSPS) is 29.8. The van der Waals surface area contributed by atoms with E-state index in [-0.39, 0.29) is 36.2 Å². The fraction of sp³-hybridized carbons (Fsp3) is 0.500. The Kier molecular flexibility index (Phi) is 6.41. The monoisotopic (exact) mass is 496 g/mol. The van der Waals surface area contributed by atoms with E-state index in [0.717, 1.165) is 34.2 Å². The molecule has 0 aliphatic heterocycles. The van der Waals surface area contributed by atoms with E-state index in [4.69, 9.17) is 9.40 Å². The first kappa shape index (κ1) is 24.0. The third-order valence-electron chi connectivity index (χ3n) is 8.24. The molecule has 0 spiro atoms. The summed E-state index contributed by atoms with van der Waals surface area (Å²) in [5, 5.41) is 28.4. The average molecular weight is 497 g/mol. The first-order valence-electron chi connectivity index (χ1n) is 12.1. The van der Waals surface area contributed by atoms with E-state index < -0.39 is 11.5 Å². The van der Waals surface area contributed by atoms with Crippen LogP contribution in [0, 0.1) is 16.7 Å². The third-order valence-corrected chi connectivity index (χ3v) is 9.24. The summed E-state index contributed by atoms with van der Waals surface area (Å²) in [7, 11) is 0. The SMILES string of the molecule is C[C@]1(CO)[C@H]2Cc3sc(Nc4cccnc4)nc3[C@@H](CC(=O)NCc3ccco3)[C@]2(C)CC[C@H]1O. The summed E-state index contributed by atoms with van der Waals surface area (Å²) in [4.78, 5) is 23.4. The molecule has 8 nitrogen and oxygen atoms in total. The number of aromatic nitrogens is 2. The lowest BCUT2D eigenvalue weighted by molar-refractivity contribution is -0.144. The Labute approximate surface area is 208 Å². The van der Waals surface area contributed by atoms with Crippen LogP contribution in [0.1, 0.15) is 55.4 Å². The number of hydrogen-bond acceptors (Lipinski definition) is 8. The molecule has 0 unspecified atom stereocenters. The molecule has 3 aromatic rings. The fourth-order valence-corrected chi connectivity index (χ4v) is 7.20. The van der Waals surface area contributed by atoms with Gasteiger partial charge in [-0.25, -0.2) is 4.98 Å². The van der Waals surface area contributed by atoms with Crippen LogP contribution in [0.25, 0.3) is 0 Å². The number of aliphatic hydroxyl groups excluding tert-OH is 2. The van der Waals surface area contributed by atoms with Crippen molar-refractivity contribution in [2.24, 2.45) is 16.7 Å². The molecule has 0 bridgehead atoms. The van der Waals surface area contributed by atoms with E-state index in [9.17, 15) is 15.0 Å². The van der Waals surface area contributed by atoms with E-state index >= 15 is 0 Å². The highest BCUT2D eigenvalue weighted by molar-refractivity contribution is 7.15. The lowest BCUT2D eigenvalue weighted by Crippen LogP contribution is -2.57. The van der Waals surface area contributed by atoms with Crippen molar-refractivity contribution in [2.45, 2.75) is 58.1 Å². The number of pyridine rings is 1. The van der Waals surface area contributed by atoms with Crippen molar-refractivity contribution >= 4 is 28.1 Å². The standard InChI is InChI=1S/C26H32N4O4S/c1-25-8-7-21(32)26(2,15-31)20(25)12-19-23(30-24(35-19)29-16-5-3-9-27-13-16)18(25)11-22(33)28-14-17-6-4-10-34-17/h3-6,9-10,13,18,20-21,31-32H,7-8,11-12,14-15H2,1-2H3,(H,28,33)(H,29,30)/t18-,20+,21-,25+,26+/m1/s1. The van der Waals surface area contributed by atoms with Gasteiger partial charge < -0.3 is 25.3 Å². The molecule has 1 amide bonds. The van der Waals surface area contributed by atoms with E-state index in [2.05, 4.69) is 22.5 Å². The van der Waals surface area contributed by atoms with E-state index in [1.165, 1.54) is 0 Å². The topological polar surface area (TPSA) is 121 Å². The number of rotatable bonds is 7. The Morgan fingerprint density at radius 3 is 2.89 bits per heavy atom. The Bertz CT molecular complexity index is 1170. The zero-order valence-electron chi connectivity index (χ0n) is 20.0. The minimum atomic E-state index is -0.644. The Morgan fingerprint density at radius 1 is 1.31 bits per heavy atom. The number of thiazole rings is 1. The molecule has 0 radical (unpaired) electrons. The number of amides is 1. The number of anilines is 2. The average Bonchev–Trinajstić information content (AvgIpc) is 3.52. The van der Waals surface area contributed by atoms with Gasteiger partial charge in [0.2, 0.25) is 5.91 Å². The Balaban J connectivity index is 1.47. The Hall–Kier alpha value is -2.75. The van der Waals surface area contributed by atoms with Crippen LogP contribution in [0.2, 0.25) is 0 Å². The maximum atomic E-state index is 13.1. The first-order chi connectivity index (χ1) is 16.8. The van der Waals surface area contributed by atoms with Gasteiger partial charge in [0.25, 0.3) is 0 Å². The van der Waals surface area contributed by atoms with E-state index in [1.807, 2.05) is 25.1 Å². The zero-order chi connectivity index (χ0) is 24.6. The number of carbonyl (C=O) groups is 1. The van der Waals surface area contributed by atoms with Crippen LogP contribution in [-0.4, -0.2) is 38.8 Å². The van der Waals surface area contributed by atoms with Crippen LogP contribution in [0.3, 0.4) is 0 Å². The maximum Gasteiger partial charge on any atom is 0.221 e. The summed E-state index contributed by atoms with van der Waals surface area (Å²) >= 11 is 1.58. The molecular formula is C26H32N4O4S. The molecule has 5 rings (SSSR count). The van der Waals surface area contributed by atoms with E-state index in [1.54, 1.807) is 36.1 Å². The van der Waals surface area contributed by atoms with Crippen LogP contribution in [0.4, 0.5) is 10.8 Å². The van der Waals surface area contributed by atoms with Gasteiger partial charge in [-0.2, -0.15) is 0 Å². The summed E-state index contributed by atoms with van der Waals surface area (Å²) in [5.41, 5.74) is 0.871. The van der Waals surface area contributed by atoms with Gasteiger partial charge >= 0.3 is 0 Å². The second-order valence-electron chi connectivity index (χ2n) is 10.3. The highest BCUT2D eigenvalue weighted by atomic mass is 32.1. The number of carbonyl (C=O) groups excluding carboxylic acids is 1. The van der Waals surface area contributed by atoms with Crippen molar-refractivity contribution in [1.29, 1.82) is 0 Å². The van der Waals surface area contributed by atoms with Crippen LogP contribution in [-0.2, 0) is 17.8 Å². The molecule has 1 fully saturated rings. The molecule has 3 heterocycles. The number of nitrogens with one attached hydrogen (secondary N) is 2. The molecule has 35 heavy (non-hydrogen) atoms. The summed E-state index contributed by atoms with van der Waals surface area (Å²) in [6.45, 7) is 4.43. The molecule has 9 heteroatoms. The molecule has 186 valence electrons. The molecule has 3 aromatic heterocycles. The van der Waals surface area contributed by atoms with Gasteiger partial charge in [-0.1, -0.05) is 13.8 Å². The molecule has 5 atom stereocenters. The van der Waals surface area contributed by atoms with Gasteiger partial charge in [0.05, 0.1) is 43.1 Å². The Morgan fingerprint density at radius 2 is 2.17 bits per heavy atom. The highest BCUT2D eigenvalue weighted by Gasteiger charge is 2.59. The van der Waals surface area contributed by atoms with Crippen molar-refractivity contribution in [3.63, 3.8) is 0 Å². The molecule has 1 saturated carbocycles. The summed E-state index contributed by atoms with van der Waals surface area (Å²) < 4.78 is 5.36. The van der Waals surface area contributed by atoms with Crippen molar-refractivity contribution in [2.75, 3.05) is 11.9 Å². The van der Waals surface area contributed by atoms with Crippen LogP contribution < -0.4 is 10.6 Å². The van der Waals surface area contributed by atoms with Crippen molar-refractivity contribution in [3.8, 4) is 0 Å². The number of furan rings is 1. The lowest BCUT2D eigenvalue weighted by atomic mass is 9.47. The molecule has 4 N–H and O–H groups in total. The second kappa shape index (κ2) is 9.37.